The second-order valence-electron chi connectivity index (χ2n) is 4.28. The van der Waals surface area contributed by atoms with E-state index in [1.165, 1.54) is 6.07 Å². The van der Waals surface area contributed by atoms with Crippen molar-refractivity contribution < 1.29 is 13.9 Å². The predicted octanol–water partition coefficient (Wildman–Crippen LogP) is 1.92. The van der Waals surface area contributed by atoms with Gasteiger partial charge in [-0.3, -0.25) is 4.90 Å². The van der Waals surface area contributed by atoms with Gasteiger partial charge in [-0.05, 0) is 37.1 Å². The van der Waals surface area contributed by atoms with Crippen molar-refractivity contribution in [3.05, 3.63) is 35.4 Å². The number of halogens is 2. The van der Waals surface area contributed by atoms with E-state index in [-0.39, 0.29) is 6.10 Å². The van der Waals surface area contributed by atoms with Crippen LogP contribution >= 0.6 is 0 Å². The molecule has 0 bridgehead atoms. The van der Waals surface area contributed by atoms with E-state index in [9.17, 15) is 13.9 Å². The molecule has 16 heavy (non-hydrogen) atoms. The van der Waals surface area contributed by atoms with Crippen molar-refractivity contribution in [2.45, 2.75) is 25.5 Å². The molecule has 4 heteroatoms. The van der Waals surface area contributed by atoms with Crippen molar-refractivity contribution in [1.82, 2.24) is 4.90 Å². The number of likely N-dealkylation sites (tertiary alicyclic amines) is 1. The van der Waals surface area contributed by atoms with Crippen LogP contribution in [0.5, 0.6) is 0 Å². The van der Waals surface area contributed by atoms with E-state index < -0.39 is 11.6 Å². The maximum Gasteiger partial charge on any atom is 0.159 e. The smallest absolute Gasteiger partial charge is 0.159 e. The third-order valence-electron chi connectivity index (χ3n) is 2.87. The zero-order valence-electron chi connectivity index (χ0n) is 9.00. The van der Waals surface area contributed by atoms with Gasteiger partial charge in [0.1, 0.15) is 0 Å². The van der Waals surface area contributed by atoms with Gasteiger partial charge in [0, 0.05) is 13.1 Å². The summed E-state index contributed by atoms with van der Waals surface area (Å²) >= 11 is 0. The molecule has 1 aliphatic rings. The van der Waals surface area contributed by atoms with Gasteiger partial charge in [-0.2, -0.15) is 0 Å². The summed E-state index contributed by atoms with van der Waals surface area (Å²) in [7, 11) is 0. The van der Waals surface area contributed by atoms with E-state index >= 15 is 0 Å². The Kier molecular flexibility index (Phi) is 3.51. The van der Waals surface area contributed by atoms with Crippen LogP contribution in [0.1, 0.15) is 18.4 Å². The molecule has 1 atom stereocenters. The van der Waals surface area contributed by atoms with E-state index in [4.69, 9.17) is 0 Å². The Balaban J connectivity index is 2.00. The molecule has 0 unspecified atom stereocenters. The van der Waals surface area contributed by atoms with Crippen LogP contribution in [0.3, 0.4) is 0 Å². The molecular weight excluding hydrogens is 212 g/mol. The van der Waals surface area contributed by atoms with Gasteiger partial charge in [-0.25, -0.2) is 8.78 Å². The lowest BCUT2D eigenvalue weighted by molar-refractivity contribution is 0.0668. The molecule has 0 aliphatic carbocycles. The minimum atomic E-state index is -0.817. The number of benzene rings is 1. The fraction of sp³-hybridized carbons (Fsp3) is 0.500. The second kappa shape index (κ2) is 4.89. The SMILES string of the molecule is O[C@@H]1CCCN(Cc2ccc(F)c(F)c2)C1. The van der Waals surface area contributed by atoms with E-state index in [0.29, 0.717) is 13.1 Å². The van der Waals surface area contributed by atoms with Gasteiger partial charge in [0.2, 0.25) is 0 Å². The van der Waals surface area contributed by atoms with Crippen molar-refractivity contribution in [1.29, 1.82) is 0 Å². The molecule has 1 N–H and O–H groups in total. The number of aliphatic hydroxyl groups is 1. The van der Waals surface area contributed by atoms with Gasteiger partial charge in [0.25, 0.3) is 0 Å². The third-order valence-corrected chi connectivity index (χ3v) is 2.87. The van der Waals surface area contributed by atoms with Gasteiger partial charge in [0.05, 0.1) is 6.10 Å². The minimum Gasteiger partial charge on any atom is -0.392 e. The van der Waals surface area contributed by atoms with E-state index in [1.807, 2.05) is 0 Å². The van der Waals surface area contributed by atoms with E-state index in [0.717, 1.165) is 31.0 Å². The second-order valence-corrected chi connectivity index (χ2v) is 4.28. The van der Waals surface area contributed by atoms with E-state index in [2.05, 4.69) is 4.90 Å². The van der Waals surface area contributed by atoms with Crippen LogP contribution in [-0.2, 0) is 6.54 Å². The average Bonchev–Trinajstić information content (AvgIpc) is 2.24. The first-order valence-electron chi connectivity index (χ1n) is 5.49. The minimum absolute atomic E-state index is 0.293. The number of hydrogen-bond acceptors (Lipinski definition) is 2. The molecule has 0 spiro atoms. The van der Waals surface area contributed by atoms with Gasteiger partial charge >= 0.3 is 0 Å². The number of aliphatic hydroxyl groups excluding tert-OH is 1. The quantitative estimate of drug-likeness (QED) is 0.834. The Morgan fingerprint density at radius 3 is 2.81 bits per heavy atom. The predicted molar refractivity (Wildman–Crippen MR) is 56.9 cm³/mol. The highest BCUT2D eigenvalue weighted by Gasteiger charge is 2.17. The maximum atomic E-state index is 13.0. The number of hydrogen-bond donors (Lipinski definition) is 1. The zero-order chi connectivity index (χ0) is 11.5. The molecule has 1 aliphatic heterocycles. The molecule has 1 fully saturated rings. The monoisotopic (exact) mass is 227 g/mol. The standard InChI is InChI=1S/C12H15F2NO/c13-11-4-3-9(6-12(11)14)7-15-5-1-2-10(16)8-15/h3-4,6,10,16H,1-2,5,7-8H2/t10-/m1/s1. The fourth-order valence-corrected chi connectivity index (χ4v) is 2.07. The molecule has 88 valence electrons. The molecule has 1 aromatic rings. The number of rotatable bonds is 2. The lowest BCUT2D eigenvalue weighted by atomic mass is 10.1. The Morgan fingerprint density at radius 2 is 2.12 bits per heavy atom. The van der Waals surface area contributed by atoms with Crippen LogP contribution in [0.2, 0.25) is 0 Å². The lowest BCUT2D eigenvalue weighted by Crippen LogP contribution is -2.37. The highest BCUT2D eigenvalue weighted by molar-refractivity contribution is 5.17. The van der Waals surface area contributed by atoms with Crippen LogP contribution in [-0.4, -0.2) is 29.2 Å². The Hall–Kier alpha value is -1.00. The number of β-amino-alcohol motifs (C(OH)–C–C–N with tert-alkyl or cyclic N) is 1. The molecule has 0 saturated carbocycles. The highest BCUT2D eigenvalue weighted by Crippen LogP contribution is 2.15. The third kappa shape index (κ3) is 2.77. The topological polar surface area (TPSA) is 23.5 Å². The van der Waals surface area contributed by atoms with Gasteiger partial charge in [0.15, 0.2) is 11.6 Å². The first-order chi connectivity index (χ1) is 7.65. The summed E-state index contributed by atoms with van der Waals surface area (Å²) in [4.78, 5) is 2.06. The highest BCUT2D eigenvalue weighted by atomic mass is 19.2. The Morgan fingerprint density at radius 1 is 1.31 bits per heavy atom. The van der Waals surface area contributed by atoms with Crippen molar-refractivity contribution in [3.63, 3.8) is 0 Å². The molecule has 0 aromatic heterocycles. The van der Waals surface area contributed by atoms with Crippen molar-refractivity contribution >= 4 is 0 Å². The molecule has 1 aromatic carbocycles. The molecule has 2 nitrogen and oxygen atoms in total. The first-order valence-corrected chi connectivity index (χ1v) is 5.49. The van der Waals surface area contributed by atoms with Crippen LogP contribution in [0, 0.1) is 11.6 Å². The molecule has 0 radical (unpaired) electrons. The number of nitrogens with zero attached hydrogens (tertiary/aromatic N) is 1. The normalized spacial score (nSPS) is 22.3. The van der Waals surface area contributed by atoms with Crippen molar-refractivity contribution in [3.8, 4) is 0 Å². The van der Waals surface area contributed by atoms with Crippen molar-refractivity contribution in [2.24, 2.45) is 0 Å². The summed E-state index contributed by atoms with van der Waals surface area (Å²) in [6.45, 7) is 2.07. The van der Waals surface area contributed by atoms with Gasteiger partial charge in [-0.15, -0.1) is 0 Å². The molecule has 0 amide bonds. The average molecular weight is 227 g/mol. The van der Waals surface area contributed by atoms with Crippen LogP contribution in [0.25, 0.3) is 0 Å². The van der Waals surface area contributed by atoms with Crippen molar-refractivity contribution in [2.75, 3.05) is 13.1 Å². The summed E-state index contributed by atoms with van der Waals surface area (Å²) in [5.74, 6) is -1.63. The summed E-state index contributed by atoms with van der Waals surface area (Å²) in [6.07, 6.45) is 1.48. The Bertz CT molecular complexity index is 370. The van der Waals surface area contributed by atoms with E-state index in [1.54, 1.807) is 6.07 Å². The van der Waals surface area contributed by atoms with Gasteiger partial charge < -0.3 is 5.11 Å². The summed E-state index contributed by atoms with van der Waals surface area (Å²) in [6, 6.07) is 3.95. The molecule has 1 heterocycles. The Labute approximate surface area is 93.5 Å². The maximum absolute atomic E-state index is 13.0. The summed E-state index contributed by atoms with van der Waals surface area (Å²) in [5.41, 5.74) is 0.744. The largest absolute Gasteiger partial charge is 0.392 e. The fourth-order valence-electron chi connectivity index (χ4n) is 2.07. The van der Waals surface area contributed by atoms with Crippen LogP contribution in [0.15, 0.2) is 18.2 Å². The van der Waals surface area contributed by atoms with Crippen LogP contribution < -0.4 is 0 Å². The van der Waals surface area contributed by atoms with Gasteiger partial charge in [-0.1, -0.05) is 6.07 Å². The molecule has 2 rings (SSSR count). The molecule has 1 saturated heterocycles. The zero-order valence-corrected chi connectivity index (χ0v) is 9.00. The number of piperidine rings is 1. The summed E-state index contributed by atoms with van der Waals surface area (Å²) < 4.78 is 25.7. The molecular formula is C12H15F2NO. The van der Waals surface area contributed by atoms with Crippen LogP contribution in [0.4, 0.5) is 8.78 Å². The summed E-state index contributed by atoms with van der Waals surface area (Å²) in [5, 5.41) is 9.48. The first kappa shape index (κ1) is 11.5. The lowest BCUT2D eigenvalue weighted by Gasteiger charge is -2.29.